The van der Waals surface area contributed by atoms with Gasteiger partial charge in [0.25, 0.3) is 0 Å². The van der Waals surface area contributed by atoms with Crippen LogP contribution in [0.15, 0.2) is 0 Å². The highest BCUT2D eigenvalue weighted by Crippen LogP contribution is 2.63. The third-order valence-electron chi connectivity index (χ3n) is 2.95. The molecule has 0 aromatic heterocycles. The summed E-state index contributed by atoms with van der Waals surface area (Å²) in [4.78, 5) is 0. The molecule has 0 aromatic rings. The fourth-order valence-electron chi connectivity index (χ4n) is 2.57. The minimum atomic E-state index is 0.509. The fraction of sp³-hybridized carbons (Fsp3) is 1.00. The second-order valence-electron chi connectivity index (χ2n) is 3.73. The zero-order chi connectivity index (χ0) is 6.43. The molecule has 2 saturated heterocycles. The maximum Gasteiger partial charge on any atom is -0.0232 e. The molecule has 1 heteroatoms. The predicted molar refractivity (Wildman–Crippen MR) is 43.4 cm³/mol. The highest BCUT2D eigenvalue weighted by molar-refractivity contribution is 7.59. The van der Waals surface area contributed by atoms with Gasteiger partial charge in [0.15, 0.2) is 0 Å². The molecule has 0 aliphatic carbocycles. The molecule has 0 unspecified atom stereocenters. The van der Waals surface area contributed by atoms with Crippen LogP contribution >= 0.6 is 7.92 Å². The van der Waals surface area contributed by atoms with Crippen molar-refractivity contribution < 1.29 is 0 Å². The van der Waals surface area contributed by atoms with Gasteiger partial charge >= 0.3 is 0 Å². The topological polar surface area (TPSA) is 0 Å². The first-order valence-electron chi connectivity index (χ1n) is 4.03. The molecule has 52 valence electrons. The van der Waals surface area contributed by atoms with E-state index < -0.39 is 0 Å². The van der Waals surface area contributed by atoms with Gasteiger partial charge in [-0.15, -0.1) is 7.92 Å². The normalized spacial score (nSPS) is 56.7. The first kappa shape index (κ1) is 6.16. The predicted octanol–water partition coefficient (Wildman–Crippen LogP) is 2.67. The highest BCUT2D eigenvalue weighted by atomic mass is 31.1. The summed E-state index contributed by atoms with van der Waals surface area (Å²) in [6, 6.07) is 0. The summed E-state index contributed by atoms with van der Waals surface area (Å²) in [5.74, 6) is 1.15. The smallest absolute Gasteiger partial charge is 0.0232 e. The Bertz CT molecular complexity index is 110. The Morgan fingerprint density at radius 3 is 1.89 bits per heavy atom. The molecule has 0 spiro atoms. The largest absolute Gasteiger partial charge is 0.101 e. The monoisotopic (exact) mass is 142 g/mol. The van der Waals surface area contributed by atoms with E-state index in [0.717, 1.165) is 17.2 Å². The zero-order valence-electron chi connectivity index (χ0n) is 6.30. The van der Waals surface area contributed by atoms with Gasteiger partial charge in [-0.1, -0.05) is 13.8 Å². The van der Waals surface area contributed by atoms with Gasteiger partial charge in [-0.25, -0.2) is 0 Å². The van der Waals surface area contributed by atoms with E-state index in [1.54, 1.807) is 19.0 Å². The van der Waals surface area contributed by atoms with Crippen LogP contribution in [0.5, 0.6) is 0 Å². The number of hydrogen-bond donors (Lipinski definition) is 0. The van der Waals surface area contributed by atoms with E-state index in [4.69, 9.17) is 0 Å². The van der Waals surface area contributed by atoms with E-state index in [1.165, 1.54) is 0 Å². The first-order chi connectivity index (χ1) is 4.27. The van der Waals surface area contributed by atoms with Crippen molar-refractivity contribution in [1.82, 2.24) is 0 Å². The van der Waals surface area contributed by atoms with Gasteiger partial charge in [0, 0.05) is 0 Å². The lowest BCUT2D eigenvalue weighted by atomic mass is 10.0. The number of hydrogen-bond acceptors (Lipinski definition) is 0. The lowest BCUT2D eigenvalue weighted by Gasteiger charge is -2.23. The van der Waals surface area contributed by atoms with Crippen LogP contribution in [-0.4, -0.2) is 17.5 Å². The van der Waals surface area contributed by atoms with Crippen LogP contribution in [0, 0.1) is 5.92 Å². The van der Waals surface area contributed by atoms with Crippen LogP contribution in [0.1, 0.15) is 26.7 Å². The zero-order valence-corrected chi connectivity index (χ0v) is 7.20. The number of rotatable bonds is 0. The standard InChI is InChI=1S/C8H15P/c1-6-3-8-4-7(2)9(6)5-8/h6-8H,3-5H2,1-2H3/t6-,7-,8?,9?/m0/s1. The van der Waals surface area contributed by atoms with Crippen LogP contribution in [0.2, 0.25) is 0 Å². The van der Waals surface area contributed by atoms with Gasteiger partial charge in [0.1, 0.15) is 0 Å². The minimum absolute atomic E-state index is 0.509. The van der Waals surface area contributed by atoms with Gasteiger partial charge < -0.3 is 0 Å². The maximum absolute atomic E-state index is 2.46. The minimum Gasteiger partial charge on any atom is -0.101 e. The third kappa shape index (κ3) is 0.835. The van der Waals surface area contributed by atoms with Crippen molar-refractivity contribution >= 4 is 7.92 Å². The second kappa shape index (κ2) is 1.95. The summed E-state index contributed by atoms with van der Waals surface area (Å²) in [5, 5.41) is 0. The molecule has 2 aliphatic heterocycles. The summed E-state index contributed by atoms with van der Waals surface area (Å²) in [5.41, 5.74) is 2.24. The Labute approximate surface area is 58.8 Å². The SMILES string of the molecule is C[C@H]1CC2C[C@H](C)P1C2. The average molecular weight is 142 g/mol. The molecular weight excluding hydrogens is 127 g/mol. The maximum atomic E-state index is 2.46. The van der Waals surface area contributed by atoms with E-state index in [0.29, 0.717) is 7.92 Å². The molecule has 2 rings (SSSR count). The molecule has 0 amide bonds. The number of fused-ring (bicyclic) bond motifs is 2. The Kier molecular flexibility index (Phi) is 1.34. The molecule has 2 bridgehead atoms. The van der Waals surface area contributed by atoms with Gasteiger partial charge in [-0.05, 0) is 36.2 Å². The Hall–Kier alpha value is 0.430. The Morgan fingerprint density at radius 1 is 1.11 bits per heavy atom. The van der Waals surface area contributed by atoms with Gasteiger partial charge in [0.05, 0.1) is 0 Å². The van der Waals surface area contributed by atoms with Crippen molar-refractivity contribution in [3.63, 3.8) is 0 Å². The van der Waals surface area contributed by atoms with E-state index >= 15 is 0 Å². The first-order valence-corrected chi connectivity index (χ1v) is 5.69. The summed E-state index contributed by atoms with van der Waals surface area (Å²) in [6.45, 7) is 4.92. The molecule has 0 radical (unpaired) electrons. The van der Waals surface area contributed by atoms with Crippen molar-refractivity contribution in [1.29, 1.82) is 0 Å². The molecule has 2 aliphatic rings. The van der Waals surface area contributed by atoms with Crippen molar-refractivity contribution in [3.8, 4) is 0 Å². The van der Waals surface area contributed by atoms with Gasteiger partial charge in [-0.3, -0.25) is 0 Å². The van der Waals surface area contributed by atoms with Crippen molar-refractivity contribution in [3.05, 3.63) is 0 Å². The Balaban J connectivity index is 2.13. The summed E-state index contributed by atoms with van der Waals surface area (Å²) >= 11 is 0. The molecule has 0 nitrogen and oxygen atoms in total. The second-order valence-corrected chi connectivity index (χ2v) is 6.89. The molecule has 0 saturated carbocycles. The summed E-state index contributed by atoms with van der Waals surface area (Å²) in [7, 11) is 0.509. The van der Waals surface area contributed by atoms with Gasteiger partial charge in [-0.2, -0.15) is 0 Å². The molecule has 2 atom stereocenters. The summed E-state index contributed by atoms with van der Waals surface area (Å²) < 4.78 is 0. The third-order valence-corrected chi connectivity index (χ3v) is 6.57. The fourth-order valence-corrected chi connectivity index (χ4v) is 6.19. The van der Waals surface area contributed by atoms with Crippen LogP contribution in [0.25, 0.3) is 0 Å². The lowest BCUT2D eigenvalue weighted by Crippen LogP contribution is -2.10. The van der Waals surface area contributed by atoms with Crippen LogP contribution < -0.4 is 0 Å². The van der Waals surface area contributed by atoms with Crippen molar-refractivity contribution in [2.45, 2.75) is 38.0 Å². The molecule has 2 heterocycles. The average Bonchev–Trinajstić information content (AvgIpc) is 2.22. The van der Waals surface area contributed by atoms with E-state index in [2.05, 4.69) is 13.8 Å². The summed E-state index contributed by atoms with van der Waals surface area (Å²) in [6.07, 6.45) is 4.75. The highest BCUT2D eigenvalue weighted by Gasteiger charge is 2.41. The quantitative estimate of drug-likeness (QED) is 0.456. The molecular formula is C8H15P. The van der Waals surface area contributed by atoms with Crippen molar-refractivity contribution in [2.24, 2.45) is 5.92 Å². The van der Waals surface area contributed by atoms with Crippen LogP contribution in [0.4, 0.5) is 0 Å². The molecule has 0 N–H and O–H groups in total. The molecule has 0 aromatic carbocycles. The van der Waals surface area contributed by atoms with E-state index in [1.807, 2.05) is 0 Å². The lowest BCUT2D eigenvalue weighted by molar-refractivity contribution is 0.520. The van der Waals surface area contributed by atoms with Gasteiger partial charge in [0.2, 0.25) is 0 Å². The van der Waals surface area contributed by atoms with Crippen molar-refractivity contribution in [2.75, 3.05) is 6.16 Å². The van der Waals surface area contributed by atoms with Crippen LogP contribution in [0.3, 0.4) is 0 Å². The molecule has 2 fully saturated rings. The van der Waals surface area contributed by atoms with E-state index in [-0.39, 0.29) is 0 Å². The molecule has 9 heavy (non-hydrogen) atoms. The Morgan fingerprint density at radius 2 is 1.67 bits per heavy atom. The van der Waals surface area contributed by atoms with Crippen LogP contribution in [-0.2, 0) is 0 Å². The van der Waals surface area contributed by atoms with E-state index in [9.17, 15) is 0 Å².